The van der Waals surface area contributed by atoms with Crippen molar-refractivity contribution in [2.45, 2.75) is 0 Å². The van der Waals surface area contributed by atoms with Crippen LogP contribution in [0.3, 0.4) is 0 Å². The first-order valence-electron chi connectivity index (χ1n) is 28.1. The second-order valence-corrected chi connectivity index (χ2v) is 21.6. The van der Waals surface area contributed by atoms with Crippen LogP contribution in [-0.2, 0) is 0 Å². The van der Waals surface area contributed by atoms with E-state index in [1.165, 1.54) is 93.5 Å². The van der Waals surface area contributed by atoms with Crippen molar-refractivity contribution in [3.8, 4) is 95.3 Å². The minimum atomic E-state index is 0.834. The number of rotatable bonds is 8. The van der Waals surface area contributed by atoms with Crippen molar-refractivity contribution in [3.63, 3.8) is 0 Å². The molecule has 382 valence electrons. The van der Waals surface area contributed by atoms with Gasteiger partial charge in [0.25, 0.3) is 0 Å². The minimum absolute atomic E-state index is 0.834. The average molecular weight is 1040 g/mol. The SMILES string of the molecule is c1ccc(-c2ccc3c(c2)c2cc(-c4ccccc4)ccc2n3-c2ccc(-c3ccc4c5ccc(-c6ccc(-n7c8ccc(-c9ccccc9)cc8c8cc(-c9ccccc9)ccc87)cc6)c6c5n(c4c3)-c3ccccc3O6)cc2)cc1. The normalized spacial score (nSPS) is 12.0. The molecule has 0 fully saturated rings. The zero-order chi connectivity index (χ0) is 53.8. The second kappa shape index (κ2) is 18.3. The largest absolute Gasteiger partial charge is 0.452 e. The van der Waals surface area contributed by atoms with Crippen LogP contribution in [0, 0.1) is 0 Å². The summed E-state index contributed by atoms with van der Waals surface area (Å²) < 4.78 is 14.3. The molecule has 16 aromatic rings. The van der Waals surface area contributed by atoms with Crippen molar-refractivity contribution >= 4 is 65.4 Å². The Hall–Kier alpha value is -10.9. The van der Waals surface area contributed by atoms with Gasteiger partial charge in [0.15, 0.2) is 11.5 Å². The number of ether oxygens (including phenoxy) is 1. The number of benzene rings is 13. The molecule has 0 atom stereocenters. The van der Waals surface area contributed by atoms with Crippen LogP contribution >= 0.6 is 0 Å². The van der Waals surface area contributed by atoms with Crippen LogP contribution in [0.5, 0.6) is 11.5 Å². The Morgan fingerprint density at radius 2 is 0.573 bits per heavy atom. The van der Waals surface area contributed by atoms with Crippen LogP contribution in [0.15, 0.2) is 297 Å². The minimum Gasteiger partial charge on any atom is -0.452 e. The number of para-hydroxylation sites is 2. The smallest absolute Gasteiger partial charge is 0.160 e. The predicted octanol–water partition coefficient (Wildman–Crippen LogP) is 21.1. The van der Waals surface area contributed by atoms with Gasteiger partial charge in [0, 0.05) is 49.3 Å². The van der Waals surface area contributed by atoms with Gasteiger partial charge in [-0.3, -0.25) is 0 Å². The summed E-state index contributed by atoms with van der Waals surface area (Å²) in [5.74, 6) is 1.70. The third kappa shape index (κ3) is 7.25. The molecule has 0 N–H and O–H groups in total. The third-order valence-electron chi connectivity index (χ3n) is 17.1. The average Bonchev–Trinajstić information content (AvgIpc) is 3.74. The molecule has 0 radical (unpaired) electrons. The van der Waals surface area contributed by atoms with E-state index in [2.05, 4.69) is 311 Å². The predicted molar refractivity (Wildman–Crippen MR) is 342 cm³/mol. The highest BCUT2D eigenvalue weighted by molar-refractivity contribution is 6.16. The Morgan fingerprint density at radius 1 is 0.220 bits per heavy atom. The molecule has 1 aliphatic rings. The fourth-order valence-electron chi connectivity index (χ4n) is 13.1. The summed E-state index contributed by atoms with van der Waals surface area (Å²) in [5, 5.41) is 7.26. The van der Waals surface area contributed by atoms with Gasteiger partial charge in [-0.05, 0) is 158 Å². The summed E-state index contributed by atoms with van der Waals surface area (Å²) >= 11 is 0. The number of fused-ring (bicyclic) bond motifs is 11. The van der Waals surface area contributed by atoms with Gasteiger partial charge < -0.3 is 18.4 Å². The summed E-state index contributed by atoms with van der Waals surface area (Å²) in [4.78, 5) is 0. The highest BCUT2D eigenvalue weighted by Gasteiger charge is 2.27. The monoisotopic (exact) mass is 1040 g/mol. The van der Waals surface area contributed by atoms with E-state index in [0.717, 1.165) is 67.2 Å². The molecule has 0 saturated carbocycles. The van der Waals surface area contributed by atoms with E-state index in [1.807, 2.05) is 0 Å². The molecule has 13 aromatic carbocycles. The molecule has 1 aliphatic heterocycles. The molecule has 82 heavy (non-hydrogen) atoms. The number of nitrogens with zero attached hydrogens (tertiary/aromatic N) is 3. The molecule has 3 aromatic heterocycles. The number of aromatic nitrogens is 3. The van der Waals surface area contributed by atoms with Crippen LogP contribution in [0.1, 0.15) is 0 Å². The van der Waals surface area contributed by atoms with E-state index in [-0.39, 0.29) is 0 Å². The van der Waals surface area contributed by atoms with E-state index in [9.17, 15) is 0 Å². The first-order valence-corrected chi connectivity index (χ1v) is 28.1. The van der Waals surface area contributed by atoms with Gasteiger partial charge in [-0.2, -0.15) is 0 Å². The summed E-state index contributed by atoms with van der Waals surface area (Å²) in [7, 11) is 0. The van der Waals surface area contributed by atoms with E-state index in [1.54, 1.807) is 0 Å². The fraction of sp³-hybridized carbons (Fsp3) is 0. The van der Waals surface area contributed by atoms with Gasteiger partial charge in [0.2, 0.25) is 0 Å². The summed E-state index contributed by atoms with van der Waals surface area (Å²) in [6.07, 6.45) is 0. The molecule has 0 amide bonds. The van der Waals surface area contributed by atoms with E-state index < -0.39 is 0 Å². The van der Waals surface area contributed by atoms with E-state index >= 15 is 0 Å². The zero-order valence-corrected chi connectivity index (χ0v) is 44.5. The first-order chi connectivity index (χ1) is 40.6. The topological polar surface area (TPSA) is 24.0 Å². The summed E-state index contributed by atoms with van der Waals surface area (Å²) in [5.41, 5.74) is 24.3. The molecule has 0 aliphatic carbocycles. The molecule has 4 nitrogen and oxygen atoms in total. The zero-order valence-electron chi connectivity index (χ0n) is 44.5. The second-order valence-electron chi connectivity index (χ2n) is 21.6. The third-order valence-corrected chi connectivity index (χ3v) is 17.1. The van der Waals surface area contributed by atoms with Crippen LogP contribution in [0.2, 0.25) is 0 Å². The molecular formula is C78H49N3O. The first kappa shape index (κ1) is 46.0. The molecular weight excluding hydrogens is 995 g/mol. The van der Waals surface area contributed by atoms with Gasteiger partial charge in [0.1, 0.15) is 0 Å². The summed E-state index contributed by atoms with van der Waals surface area (Å²) in [6.45, 7) is 0. The molecule has 4 heteroatoms. The lowest BCUT2D eigenvalue weighted by Gasteiger charge is -2.23. The Kier molecular flexibility index (Phi) is 10.3. The Bertz CT molecular complexity index is 5000. The molecule has 0 bridgehead atoms. The maximum absolute atomic E-state index is 7.03. The standard InChI is InChI=1S/C78H49N3O/c1-5-15-50(16-6-1)56-30-41-70-66(45-56)67-46-57(51-17-7-2-8-18-51)31-42-71(67)79(70)61-34-25-54(26-35-61)60-29-38-64-65-40-39-63(78-77(65)81(75(64)49-60)74-23-13-14-24-76(74)82-78)55-27-36-62(37-28-55)80-72-43-32-58(52-19-9-3-10-20-52)47-68(72)69-48-59(33-44-73(69)80)53-21-11-4-12-22-53/h1-49H. The molecule has 0 spiro atoms. The van der Waals surface area contributed by atoms with Crippen molar-refractivity contribution in [2.24, 2.45) is 0 Å². The lowest BCUT2D eigenvalue weighted by Crippen LogP contribution is -2.05. The van der Waals surface area contributed by atoms with Crippen LogP contribution in [-0.4, -0.2) is 13.7 Å². The lowest BCUT2D eigenvalue weighted by atomic mass is 10.00. The Morgan fingerprint density at radius 3 is 1.02 bits per heavy atom. The number of hydrogen-bond donors (Lipinski definition) is 0. The van der Waals surface area contributed by atoms with Crippen molar-refractivity contribution in [1.29, 1.82) is 0 Å². The molecule has 17 rings (SSSR count). The van der Waals surface area contributed by atoms with Gasteiger partial charge in [-0.15, -0.1) is 0 Å². The Labute approximate surface area is 473 Å². The fourth-order valence-corrected chi connectivity index (χ4v) is 13.1. The van der Waals surface area contributed by atoms with Gasteiger partial charge >= 0.3 is 0 Å². The van der Waals surface area contributed by atoms with Crippen molar-refractivity contribution in [2.75, 3.05) is 0 Å². The van der Waals surface area contributed by atoms with Gasteiger partial charge in [-0.1, -0.05) is 200 Å². The maximum atomic E-state index is 7.03. The highest BCUT2D eigenvalue weighted by atomic mass is 16.5. The molecule has 4 heterocycles. The van der Waals surface area contributed by atoms with Gasteiger partial charge in [-0.25, -0.2) is 0 Å². The molecule has 0 saturated heterocycles. The maximum Gasteiger partial charge on any atom is 0.160 e. The Balaban J connectivity index is 0.757. The molecule has 0 unspecified atom stereocenters. The van der Waals surface area contributed by atoms with Crippen LogP contribution in [0.25, 0.3) is 149 Å². The van der Waals surface area contributed by atoms with E-state index in [4.69, 9.17) is 4.74 Å². The van der Waals surface area contributed by atoms with Gasteiger partial charge in [0.05, 0.1) is 38.8 Å². The van der Waals surface area contributed by atoms with Crippen LogP contribution in [0.4, 0.5) is 0 Å². The number of hydrogen-bond acceptors (Lipinski definition) is 1. The summed E-state index contributed by atoms with van der Waals surface area (Å²) in [6, 6.07) is 108. The van der Waals surface area contributed by atoms with Crippen molar-refractivity contribution in [3.05, 3.63) is 297 Å². The van der Waals surface area contributed by atoms with Crippen molar-refractivity contribution < 1.29 is 4.74 Å². The quantitative estimate of drug-likeness (QED) is 0.149. The van der Waals surface area contributed by atoms with Crippen molar-refractivity contribution in [1.82, 2.24) is 13.7 Å². The van der Waals surface area contributed by atoms with Crippen LogP contribution < -0.4 is 4.74 Å². The lowest BCUT2D eigenvalue weighted by molar-refractivity contribution is 0.478. The highest BCUT2D eigenvalue weighted by Crippen LogP contribution is 2.50. The van der Waals surface area contributed by atoms with E-state index in [0.29, 0.717) is 0 Å².